The maximum atomic E-state index is 5.25. The van der Waals surface area contributed by atoms with Gasteiger partial charge in [0.25, 0.3) is 0 Å². The van der Waals surface area contributed by atoms with E-state index < -0.39 is 0 Å². The first kappa shape index (κ1) is 9.25. The molecule has 1 saturated carbocycles. The Hall–Kier alpha value is -1.31. The van der Waals surface area contributed by atoms with Crippen molar-refractivity contribution in [1.82, 2.24) is 0 Å². The lowest BCUT2D eigenvalue weighted by molar-refractivity contribution is 0.134. The molecule has 0 aromatic heterocycles. The molecule has 0 amide bonds. The summed E-state index contributed by atoms with van der Waals surface area (Å²) in [5, 5.41) is 4.08. The Labute approximate surface area is 84.6 Å². The van der Waals surface area contributed by atoms with Crippen LogP contribution in [0.4, 0.5) is 0 Å². The van der Waals surface area contributed by atoms with E-state index in [0.717, 1.165) is 23.8 Å². The summed E-state index contributed by atoms with van der Waals surface area (Å²) in [7, 11) is 0. The number of rotatable bonds is 4. The van der Waals surface area contributed by atoms with Gasteiger partial charge in [0.05, 0.1) is 5.71 Å². The molecular weight excluding hydrogens is 174 g/mol. The van der Waals surface area contributed by atoms with Crippen molar-refractivity contribution in [3.63, 3.8) is 0 Å². The SMILES string of the molecule is C/C(=N/OCC1CC1)c1cc[c]cc1. The largest absolute Gasteiger partial charge is 0.395 e. The van der Waals surface area contributed by atoms with Crippen molar-refractivity contribution in [1.29, 1.82) is 0 Å². The first-order valence-corrected chi connectivity index (χ1v) is 4.99. The normalized spacial score (nSPS) is 16.8. The predicted octanol–water partition coefficient (Wildman–Crippen LogP) is 2.64. The Morgan fingerprint density at radius 1 is 1.50 bits per heavy atom. The summed E-state index contributed by atoms with van der Waals surface area (Å²) in [6.07, 6.45) is 2.60. The van der Waals surface area contributed by atoms with E-state index in [1.165, 1.54) is 12.8 Å². The highest BCUT2D eigenvalue weighted by Crippen LogP contribution is 2.28. The molecule has 0 saturated heterocycles. The molecular formula is C12H14NO. The molecule has 0 heterocycles. The minimum atomic E-state index is 0.760. The fourth-order valence-corrected chi connectivity index (χ4v) is 1.20. The average Bonchev–Trinajstić information content (AvgIpc) is 3.03. The van der Waals surface area contributed by atoms with Crippen molar-refractivity contribution in [2.45, 2.75) is 19.8 Å². The van der Waals surface area contributed by atoms with Gasteiger partial charge < -0.3 is 4.84 Å². The van der Waals surface area contributed by atoms with Gasteiger partial charge >= 0.3 is 0 Å². The summed E-state index contributed by atoms with van der Waals surface area (Å²) < 4.78 is 0. The van der Waals surface area contributed by atoms with Gasteiger partial charge in [0.15, 0.2) is 0 Å². The molecule has 1 aliphatic rings. The van der Waals surface area contributed by atoms with Gasteiger partial charge in [-0.2, -0.15) is 0 Å². The van der Waals surface area contributed by atoms with Crippen molar-refractivity contribution < 1.29 is 4.84 Å². The zero-order valence-corrected chi connectivity index (χ0v) is 8.36. The van der Waals surface area contributed by atoms with Crippen LogP contribution in [-0.4, -0.2) is 12.3 Å². The maximum Gasteiger partial charge on any atom is 0.120 e. The molecule has 0 unspecified atom stereocenters. The summed E-state index contributed by atoms with van der Waals surface area (Å²) in [6.45, 7) is 2.73. The fraction of sp³-hybridized carbons (Fsp3) is 0.417. The molecule has 0 aliphatic heterocycles. The van der Waals surface area contributed by atoms with Gasteiger partial charge in [-0.1, -0.05) is 29.4 Å². The number of hydrogen-bond acceptors (Lipinski definition) is 2. The molecule has 73 valence electrons. The highest BCUT2D eigenvalue weighted by Gasteiger charge is 2.21. The predicted molar refractivity (Wildman–Crippen MR) is 56.2 cm³/mol. The second-order valence-corrected chi connectivity index (χ2v) is 3.70. The first-order chi connectivity index (χ1) is 6.86. The summed E-state index contributed by atoms with van der Waals surface area (Å²) >= 11 is 0. The van der Waals surface area contributed by atoms with Crippen LogP contribution in [0.25, 0.3) is 0 Å². The molecule has 2 rings (SSSR count). The lowest BCUT2D eigenvalue weighted by Gasteiger charge is -2.00. The lowest BCUT2D eigenvalue weighted by atomic mass is 10.1. The zero-order valence-electron chi connectivity index (χ0n) is 8.36. The van der Waals surface area contributed by atoms with Crippen molar-refractivity contribution in [2.24, 2.45) is 11.1 Å². The van der Waals surface area contributed by atoms with Crippen molar-refractivity contribution in [2.75, 3.05) is 6.61 Å². The van der Waals surface area contributed by atoms with Gasteiger partial charge in [-0.15, -0.1) is 0 Å². The van der Waals surface area contributed by atoms with E-state index in [1.807, 2.05) is 31.2 Å². The maximum absolute atomic E-state index is 5.25. The molecule has 0 spiro atoms. The summed E-state index contributed by atoms with van der Waals surface area (Å²) in [5.74, 6) is 0.760. The third-order valence-corrected chi connectivity index (χ3v) is 2.34. The van der Waals surface area contributed by atoms with Gasteiger partial charge in [0.2, 0.25) is 0 Å². The third-order valence-electron chi connectivity index (χ3n) is 2.34. The summed E-state index contributed by atoms with van der Waals surface area (Å²) in [6, 6.07) is 10.7. The van der Waals surface area contributed by atoms with Crippen LogP contribution in [0.15, 0.2) is 29.4 Å². The molecule has 0 atom stereocenters. The van der Waals surface area contributed by atoms with Crippen LogP contribution < -0.4 is 0 Å². The van der Waals surface area contributed by atoms with Crippen LogP contribution in [0.3, 0.4) is 0 Å². The van der Waals surface area contributed by atoms with Gasteiger partial charge in [0, 0.05) is 0 Å². The molecule has 1 aromatic rings. The Balaban J connectivity index is 1.89. The standard InChI is InChI=1S/C12H14NO/c1-10(12-5-3-2-4-6-12)13-14-9-11-7-8-11/h3-6,11H,7-9H2,1H3/b13-10-. The Bertz CT molecular complexity index is 314. The molecule has 14 heavy (non-hydrogen) atoms. The van der Waals surface area contributed by atoms with Gasteiger partial charge in [-0.05, 0) is 37.3 Å². The average molecular weight is 188 g/mol. The van der Waals surface area contributed by atoms with Crippen LogP contribution >= 0.6 is 0 Å². The highest BCUT2D eigenvalue weighted by molar-refractivity contribution is 5.98. The van der Waals surface area contributed by atoms with Crippen LogP contribution in [0.2, 0.25) is 0 Å². The Kier molecular flexibility index (Phi) is 2.82. The van der Waals surface area contributed by atoms with Crippen LogP contribution in [0.5, 0.6) is 0 Å². The monoisotopic (exact) mass is 188 g/mol. The fourth-order valence-electron chi connectivity index (χ4n) is 1.20. The highest BCUT2D eigenvalue weighted by atomic mass is 16.6. The van der Waals surface area contributed by atoms with E-state index in [1.54, 1.807) is 0 Å². The van der Waals surface area contributed by atoms with Crippen LogP contribution in [0, 0.1) is 12.0 Å². The van der Waals surface area contributed by atoms with E-state index >= 15 is 0 Å². The smallest absolute Gasteiger partial charge is 0.120 e. The van der Waals surface area contributed by atoms with Gasteiger partial charge in [-0.25, -0.2) is 0 Å². The molecule has 1 radical (unpaired) electrons. The van der Waals surface area contributed by atoms with E-state index in [-0.39, 0.29) is 0 Å². The molecule has 2 heteroatoms. The van der Waals surface area contributed by atoms with E-state index in [4.69, 9.17) is 4.84 Å². The Morgan fingerprint density at radius 3 is 2.86 bits per heavy atom. The van der Waals surface area contributed by atoms with Crippen LogP contribution in [0.1, 0.15) is 25.3 Å². The summed E-state index contributed by atoms with van der Waals surface area (Å²) in [4.78, 5) is 5.25. The summed E-state index contributed by atoms with van der Waals surface area (Å²) in [5.41, 5.74) is 2.03. The zero-order chi connectivity index (χ0) is 9.80. The quantitative estimate of drug-likeness (QED) is 0.525. The van der Waals surface area contributed by atoms with Gasteiger partial charge in [0.1, 0.15) is 6.61 Å². The van der Waals surface area contributed by atoms with Gasteiger partial charge in [-0.3, -0.25) is 0 Å². The topological polar surface area (TPSA) is 21.6 Å². The van der Waals surface area contributed by atoms with E-state index in [0.29, 0.717) is 0 Å². The lowest BCUT2D eigenvalue weighted by Crippen LogP contribution is -1.97. The van der Waals surface area contributed by atoms with Crippen molar-refractivity contribution >= 4 is 5.71 Å². The molecule has 0 bridgehead atoms. The van der Waals surface area contributed by atoms with Crippen molar-refractivity contribution in [3.05, 3.63) is 35.9 Å². The number of oxime groups is 1. The molecule has 1 fully saturated rings. The third kappa shape index (κ3) is 2.59. The molecule has 1 aromatic carbocycles. The number of nitrogens with zero attached hydrogens (tertiary/aromatic N) is 1. The van der Waals surface area contributed by atoms with Crippen LogP contribution in [-0.2, 0) is 4.84 Å². The number of hydrogen-bond donors (Lipinski definition) is 0. The molecule has 1 aliphatic carbocycles. The minimum Gasteiger partial charge on any atom is -0.395 e. The Morgan fingerprint density at radius 2 is 2.21 bits per heavy atom. The minimum absolute atomic E-state index is 0.760. The molecule has 2 nitrogen and oxygen atoms in total. The van der Waals surface area contributed by atoms with E-state index in [9.17, 15) is 0 Å². The van der Waals surface area contributed by atoms with E-state index in [2.05, 4.69) is 11.2 Å². The number of benzene rings is 1. The molecule has 0 N–H and O–H groups in total. The second-order valence-electron chi connectivity index (χ2n) is 3.70. The first-order valence-electron chi connectivity index (χ1n) is 4.99. The van der Waals surface area contributed by atoms with Crippen molar-refractivity contribution in [3.8, 4) is 0 Å². The second kappa shape index (κ2) is 4.27.